The van der Waals surface area contributed by atoms with E-state index < -0.39 is 11.4 Å². The maximum Gasteiger partial charge on any atom is 0.311 e. The molecule has 4 rings (SSSR count). The van der Waals surface area contributed by atoms with E-state index in [1.54, 1.807) is 30.7 Å². The fraction of sp³-hybridized carbons (Fsp3) is 0.444. The van der Waals surface area contributed by atoms with Crippen LogP contribution in [0.1, 0.15) is 29.5 Å². The number of carbonyl (C=O) groups is 2. The maximum absolute atomic E-state index is 12.8. The van der Waals surface area contributed by atoms with Crippen LogP contribution in [0.3, 0.4) is 0 Å². The summed E-state index contributed by atoms with van der Waals surface area (Å²) in [5, 5.41) is 17.5. The molecule has 27 heavy (non-hydrogen) atoms. The highest BCUT2D eigenvalue weighted by molar-refractivity contribution is 5.94. The third kappa shape index (κ3) is 2.88. The second kappa shape index (κ2) is 6.26. The third-order valence-corrected chi connectivity index (χ3v) is 5.14. The fourth-order valence-electron chi connectivity index (χ4n) is 3.39. The summed E-state index contributed by atoms with van der Waals surface area (Å²) in [5.74, 6) is 0.0955. The molecule has 2 aliphatic heterocycles. The average Bonchev–Trinajstić information content (AvgIpc) is 3.25. The monoisotopic (exact) mass is 372 g/mol. The first-order valence-corrected chi connectivity index (χ1v) is 8.74. The Balaban J connectivity index is 1.59. The largest absolute Gasteiger partial charge is 0.486 e. The number of amides is 1. The predicted molar refractivity (Wildman–Crippen MR) is 93.3 cm³/mol. The van der Waals surface area contributed by atoms with Gasteiger partial charge in [0.05, 0.1) is 16.8 Å². The Bertz CT molecular complexity index is 924. The number of carboxylic acid groups (broad SMARTS) is 1. The van der Waals surface area contributed by atoms with Crippen molar-refractivity contribution in [1.29, 1.82) is 0 Å². The minimum Gasteiger partial charge on any atom is -0.486 e. The number of likely N-dealkylation sites (tertiary alicyclic amines) is 1. The lowest BCUT2D eigenvalue weighted by molar-refractivity contribution is -0.147. The quantitative estimate of drug-likeness (QED) is 0.865. The highest BCUT2D eigenvalue weighted by atomic mass is 16.6. The van der Waals surface area contributed by atoms with Gasteiger partial charge in [-0.25, -0.2) is 4.68 Å². The number of fused-ring (bicyclic) bond motifs is 1. The Labute approximate surface area is 155 Å². The molecule has 0 saturated carbocycles. The highest BCUT2D eigenvalue weighted by Gasteiger charge is 2.43. The number of carbonyl (C=O) groups excluding carboxylic acids is 1. The van der Waals surface area contributed by atoms with Gasteiger partial charge in [0.1, 0.15) is 13.2 Å². The van der Waals surface area contributed by atoms with Crippen LogP contribution >= 0.6 is 0 Å². The summed E-state index contributed by atoms with van der Waals surface area (Å²) in [6.45, 7) is 4.96. The van der Waals surface area contributed by atoms with Crippen LogP contribution in [-0.4, -0.2) is 63.2 Å². The maximum atomic E-state index is 12.8. The van der Waals surface area contributed by atoms with Crippen LogP contribution in [0.4, 0.5) is 0 Å². The lowest BCUT2D eigenvalue weighted by Crippen LogP contribution is -2.35. The SMILES string of the molecule is Cc1c(C(=O)N2CC[C@](C)(C(=O)O)C2)nnn1-c1ccc2c(c1)OCCO2. The van der Waals surface area contributed by atoms with E-state index in [0.29, 0.717) is 49.1 Å². The molecule has 1 amide bonds. The number of aromatic nitrogens is 3. The van der Waals surface area contributed by atoms with Gasteiger partial charge in [-0.2, -0.15) is 0 Å². The summed E-state index contributed by atoms with van der Waals surface area (Å²) in [6, 6.07) is 5.41. The van der Waals surface area contributed by atoms with Gasteiger partial charge < -0.3 is 19.5 Å². The number of benzene rings is 1. The lowest BCUT2D eigenvalue weighted by Gasteiger charge is -2.20. The van der Waals surface area contributed by atoms with Crippen LogP contribution in [-0.2, 0) is 4.79 Å². The normalized spacial score (nSPS) is 21.3. The van der Waals surface area contributed by atoms with Crippen LogP contribution in [0.5, 0.6) is 11.5 Å². The van der Waals surface area contributed by atoms with E-state index in [2.05, 4.69) is 10.3 Å². The van der Waals surface area contributed by atoms with Gasteiger partial charge in [-0.15, -0.1) is 5.10 Å². The summed E-state index contributed by atoms with van der Waals surface area (Å²) in [4.78, 5) is 25.8. The molecule has 1 aromatic carbocycles. The summed E-state index contributed by atoms with van der Waals surface area (Å²) in [7, 11) is 0. The Morgan fingerprint density at radius 2 is 1.96 bits per heavy atom. The molecule has 1 aromatic heterocycles. The molecule has 2 aliphatic rings. The van der Waals surface area contributed by atoms with Gasteiger partial charge in [0.25, 0.3) is 5.91 Å². The molecule has 0 unspecified atom stereocenters. The second-order valence-electron chi connectivity index (χ2n) is 7.11. The van der Waals surface area contributed by atoms with E-state index >= 15 is 0 Å². The minimum atomic E-state index is -0.921. The summed E-state index contributed by atoms with van der Waals surface area (Å²) in [6.07, 6.45) is 0.420. The van der Waals surface area contributed by atoms with E-state index in [0.717, 1.165) is 0 Å². The van der Waals surface area contributed by atoms with Crippen molar-refractivity contribution in [2.45, 2.75) is 20.3 Å². The number of rotatable bonds is 3. The zero-order chi connectivity index (χ0) is 19.2. The second-order valence-corrected chi connectivity index (χ2v) is 7.11. The number of hydrogen-bond donors (Lipinski definition) is 1. The van der Waals surface area contributed by atoms with Crippen molar-refractivity contribution in [1.82, 2.24) is 19.9 Å². The van der Waals surface area contributed by atoms with Crippen molar-refractivity contribution < 1.29 is 24.2 Å². The molecule has 0 aliphatic carbocycles. The summed E-state index contributed by atoms with van der Waals surface area (Å²) < 4.78 is 12.7. The molecular formula is C18H20N4O5. The van der Waals surface area contributed by atoms with Crippen LogP contribution in [0.25, 0.3) is 5.69 Å². The fourth-order valence-corrected chi connectivity index (χ4v) is 3.39. The van der Waals surface area contributed by atoms with Gasteiger partial charge in [0, 0.05) is 19.2 Å². The van der Waals surface area contributed by atoms with E-state index in [1.165, 1.54) is 4.90 Å². The molecule has 3 heterocycles. The van der Waals surface area contributed by atoms with Gasteiger partial charge in [0.15, 0.2) is 17.2 Å². The molecule has 142 valence electrons. The van der Waals surface area contributed by atoms with Crippen molar-refractivity contribution >= 4 is 11.9 Å². The van der Waals surface area contributed by atoms with E-state index in [1.807, 2.05) is 6.07 Å². The molecule has 1 fully saturated rings. The number of aliphatic carboxylic acids is 1. The van der Waals surface area contributed by atoms with Gasteiger partial charge in [-0.1, -0.05) is 5.21 Å². The molecule has 1 saturated heterocycles. The minimum absolute atomic E-state index is 0.164. The van der Waals surface area contributed by atoms with Crippen molar-refractivity contribution in [3.05, 3.63) is 29.6 Å². The molecule has 9 nitrogen and oxygen atoms in total. The molecular weight excluding hydrogens is 352 g/mol. The van der Waals surface area contributed by atoms with Gasteiger partial charge in [-0.3, -0.25) is 9.59 Å². The van der Waals surface area contributed by atoms with Crippen molar-refractivity contribution in [2.75, 3.05) is 26.3 Å². The van der Waals surface area contributed by atoms with E-state index in [4.69, 9.17) is 9.47 Å². The lowest BCUT2D eigenvalue weighted by atomic mass is 9.90. The molecule has 0 radical (unpaired) electrons. The van der Waals surface area contributed by atoms with Crippen LogP contribution in [0.2, 0.25) is 0 Å². The number of hydrogen-bond acceptors (Lipinski definition) is 6. The van der Waals surface area contributed by atoms with E-state index in [-0.39, 0.29) is 18.1 Å². The topological polar surface area (TPSA) is 107 Å². The van der Waals surface area contributed by atoms with Gasteiger partial charge in [0.2, 0.25) is 0 Å². The first kappa shape index (κ1) is 17.3. The van der Waals surface area contributed by atoms with Gasteiger partial charge in [-0.05, 0) is 32.4 Å². The predicted octanol–water partition coefficient (Wildman–Crippen LogP) is 1.28. The highest BCUT2D eigenvalue weighted by Crippen LogP contribution is 2.33. The smallest absolute Gasteiger partial charge is 0.311 e. The van der Waals surface area contributed by atoms with E-state index in [9.17, 15) is 14.7 Å². The number of nitrogens with zero attached hydrogens (tertiary/aromatic N) is 4. The van der Waals surface area contributed by atoms with Crippen LogP contribution in [0.15, 0.2) is 18.2 Å². The van der Waals surface area contributed by atoms with Crippen molar-refractivity contribution in [3.63, 3.8) is 0 Å². The van der Waals surface area contributed by atoms with Crippen molar-refractivity contribution in [3.8, 4) is 17.2 Å². The molecule has 0 bridgehead atoms. The van der Waals surface area contributed by atoms with Gasteiger partial charge >= 0.3 is 5.97 Å². The Kier molecular flexibility index (Phi) is 4.01. The summed E-state index contributed by atoms with van der Waals surface area (Å²) >= 11 is 0. The third-order valence-electron chi connectivity index (χ3n) is 5.14. The van der Waals surface area contributed by atoms with Crippen LogP contribution < -0.4 is 9.47 Å². The summed E-state index contributed by atoms with van der Waals surface area (Å²) in [5.41, 5.74) is 0.593. The molecule has 2 aromatic rings. The zero-order valence-corrected chi connectivity index (χ0v) is 15.1. The Hall–Kier alpha value is -3.10. The number of carboxylic acids is 1. The van der Waals surface area contributed by atoms with Crippen molar-refractivity contribution in [2.24, 2.45) is 5.41 Å². The Morgan fingerprint density at radius 1 is 1.22 bits per heavy atom. The first-order chi connectivity index (χ1) is 12.9. The molecule has 1 atom stereocenters. The Morgan fingerprint density at radius 3 is 2.67 bits per heavy atom. The molecule has 9 heteroatoms. The average molecular weight is 372 g/mol. The first-order valence-electron chi connectivity index (χ1n) is 8.74. The zero-order valence-electron chi connectivity index (χ0n) is 15.1. The molecule has 0 spiro atoms. The van der Waals surface area contributed by atoms with Crippen LogP contribution in [0, 0.1) is 12.3 Å². The molecule has 1 N–H and O–H groups in total. The standard InChI is InChI=1S/C18H20N4O5/c1-11-15(16(23)21-6-5-18(2,10-21)17(24)25)19-20-22(11)12-3-4-13-14(9-12)27-8-7-26-13/h3-4,9H,5-8,10H2,1-2H3,(H,24,25)/t18-/m0/s1. The number of ether oxygens (including phenoxy) is 2.